The van der Waals surface area contributed by atoms with Gasteiger partial charge in [0.2, 0.25) is 0 Å². The Morgan fingerprint density at radius 2 is 1.67 bits per heavy atom. The van der Waals surface area contributed by atoms with Gasteiger partial charge in [-0.3, -0.25) is 9.59 Å². The molecule has 1 unspecified atom stereocenters. The van der Waals surface area contributed by atoms with Crippen molar-refractivity contribution in [3.8, 4) is 5.75 Å². The van der Waals surface area contributed by atoms with E-state index in [4.69, 9.17) is 14.6 Å². The van der Waals surface area contributed by atoms with Crippen molar-refractivity contribution >= 4 is 40.1 Å². The second kappa shape index (κ2) is 11.7. The van der Waals surface area contributed by atoms with Gasteiger partial charge < -0.3 is 9.47 Å². The molecule has 1 aliphatic rings. The SMILES string of the molecule is COc1ccc(C2CC(c3ccc4ccccc4c3)=NN2C(=O)COC(=O)CSc2nc(C)cc(C)n2)cc1. The minimum Gasteiger partial charge on any atom is -0.497 e. The summed E-state index contributed by atoms with van der Waals surface area (Å²) in [6.07, 6.45) is 0.532. The number of hydrogen-bond acceptors (Lipinski definition) is 8. The number of carbonyl (C=O) groups excluding carboxylic acids is 2. The zero-order valence-corrected chi connectivity index (χ0v) is 22.8. The average Bonchev–Trinajstić information content (AvgIpc) is 3.40. The number of amides is 1. The van der Waals surface area contributed by atoms with Gasteiger partial charge in [-0.25, -0.2) is 15.0 Å². The Kier molecular flexibility index (Phi) is 7.88. The van der Waals surface area contributed by atoms with Crippen molar-refractivity contribution in [3.05, 3.63) is 95.3 Å². The van der Waals surface area contributed by atoms with Crippen LogP contribution in [0.2, 0.25) is 0 Å². The third-order valence-electron chi connectivity index (χ3n) is 6.39. The number of thioether (sulfide) groups is 1. The van der Waals surface area contributed by atoms with Crippen molar-refractivity contribution in [1.29, 1.82) is 0 Å². The van der Waals surface area contributed by atoms with Gasteiger partial charge in [0.25, 0.3) is 5.91 Å². The van der Waals surface area contributed by atoms with E-state index < -0.39 is 18.5 Å². The van der Waals surface area contributed by atoms with Crippen molar-refractivity contribution in [1.82, 2.24) is 15.0 Å². The molecule has 1 aromatic heterocycles. The first kappa shape index (κ1) is 26.4. The van der Waals surface area contributed by atoms with E-state index in [2.05, 4.69) is 34.2 Å². The van der Waals surface area contributed by atoms with Crippen LogP contribution in [0.3, 0.4) is 0 Å². The van der Waals surface area contributed by atoms with Gasteiger partial charge in [-0.05, 0) is 60.0 Å². The number of hydrazone groups is 1. The Hall–Kier alpha value is -4.24. The first-order valence-electron chi connectivity index (χ1n) is 12.5. The Morgan fingerprint density at radius 1 is 0.949 bits per heavy atom. The summed E-state index contributed by atoms with van der Waals surface area (Å²) < 4.78 is 10.6. The number of aromatic nitrogens is 2. The van der Waals surface area contributed by atoms with Crippen LogP contribution < -0.4 is 4.74 Å². The Morgan fingerprint density at radius 3 is 2.38 bits per heavy atom. The number of aryl methyl sites for hydroxylation is 2. The van der Waals surface area contributed by atoms with Gasteiger partial charge in [-0.1, -0.05) is 60.3 Å². The van der Waals surface area contributed by atoms with Gasteiger partial charge in [0.1, 0.15) is 5.75 Å². The number of esters is 1. The predicted molar refractivity (Wildman–Crippen MR) is 151 cm³/mol. The molecule has 5 rings (SSSR count). The molecule has 4 aromatic rings. The van der Waals surface area contributed by atoms with Crippen LogP contribution in [-0.2, 0) is 14.3 Å². The summed E-state index contributed by atoms with van der Waals surface area (Å²) in [6, 6.07) is 23.4. The molecule has 0 bridgehead atoms. The molecular weight excluding hydrogens is 512 g/mol. The molecule has 1 aliphatic heterocycles. The van der Waals surface area contributed by atoms with E-state index in [1.54, 1.807) is 7.11 Å². The van der Waals surface area contributed by atoms with Gasteiger partial charge in [0, 0.05) is 17.8 Å². The normalized spacial score (nSPS) is 14.8. The number of methoxy groups -OCH3 is 1. The van der Waals surface area contributed by atoms with Gasteiger partial charge in [0.15, 0.2) is 11.8 Å². The standard InChI is InChI=1S/C30H28N4O4S/c1-19-14-20(2)32-30(31-19)39-18-29(36)38-17-28(35)34-27(22-10-12-25(37-3)13-11-22)16-26(33-34)24-9-8-21-6-4-5-7-23(21)15-24/h4-15,27H,16-18H2,1-3H3. The Bertz CT molecular complexity index is 1530. The zero-order chi connectivity index (χ0) is 27.4. The zero-order valence-electron chi connectivity index (χ0n) is 22.0. The summed E-state index contributed by atoms with van der Waals surface area (Å²) in [5.74, 6) is -0.184. The molecule has 0 N–H and O–H groups in total. The Balaban J connectivity index is 1.31. The van der Waals surface area contributed by atoms with Crippen LogP contribution in [0.25, 0.3) is 10.8 Å². The molecule has 0 aliphatic carbocycles. The number of nitrogens with zero attached hydrogens (tertiary/aromatic N) is 4. The summed E-state index contributed by atoms with van der Waals surface area (Å²) >= 11 is 1.18. The van der Waals surface area contributed by atoms with E-state index in [0.29, 0.717) is 11.6 Å². The molecule has 0 fully saturated rings. The van der Waals surface area contributed by atoms with Crippen molar-refractivity contribution < 1.29 is 19.1 Å². The fraction of sp³-hybridized carbons (Fsp3) is 0.233. The molecule has 198 valence electrons. The van der Waals surface area contributed by atoms with E-state index >= 15 is 0 Å². The molecule has 0 saturated carbocycles. The summed E-state index contributed by atoms with van der Waals surface area (Å²) in [7, 11) is 1.61. The highest BCUT2D eigenvalue weighted by molar-refractivity contribution is 7.99. The van der Waals surface area contributed by atoms with E-state index in [-0.39, 0.29) is 11.8 Å². The quantitative estimate of drug-likeness (QED) is 0.171. The van der Waals surface area contributed by atoms with E-state index in [1.807, 2.05) is 62.4 Å². The molecule has 0 spiro atoms. The summed E-state index contributed by atoms with van der Waals surface area (Å²) in [5.41, 5.74) is 4.31. The largest absolute Gasteiger partial charge is 0.497 e. The smallest absolute Gasteiger partial charge is 0.316 e. The third-order valence-corrected chi connectivity index (χ3v) is 7.21. The molecule has 8 nitrogen and oxygen atoms in total. The highest BCUT2D eigenvalue weighted by Gasteiger charge is 2.33. The van der Waals surface area contributed by atoms with Gasteiger partial charge >= 0.3 is 5.97 Å². The van der Waals surface area contributed by atoms with Gasteiger partial charge in [0.05, 0.1) is 24.6 Å². The maximum Gasteiger partial charge on any atom is 0.316 e. The molecule has 2 heterocycles. The van der Waals surface area contributed by atoms with Crippen LogP contribution in [0.15, 0.2) is 83.1 Å². The lowest BCUT2D eigenvalue weighted by atomic mass is 9.97. The minimum atomic E-state index is -0.518. The molecular formula is C30H28N4O4S. The van der Waals surface area contributed by atoms with Crippen LogP contribution in [-0.4, -0.2) is 52.0 Å². The highest BCUT2D eigenvalue weighted by atomic mass is 32.2. The predicted octanol–water partition coefficient (Wildman–Crippen LogP) is 5.27. The lowest BCUT2D eigenvalue weighted by Crippen LogP contribution is -2.31. The van der Waals surface area contributed by atoms with Crippen LogP contribution in [0.5, 0.6) is 5.75 Å². The summed E-state index contributed by atoms with van der Waals surface area (Å²) in [6.45, 7) is 3.34. The second-order valence-corrected chi connectivity index (χ2v) is 10.2. The van der Waals surface area contributed by atoms with E-state index in [1.165, 1.54) is 16.8 Å². The summed E-state index contributed by atoms with van der Waals surface area (Å²) in [5, 5.41) is 8.87. The topological polar surface area (TPSA) is 94.0 Å². The van der Waals surface area contributed by atoms with Crippen LogP contribution in [0.1, 0.15) is 35.0 Å². The van der Waals surface area contributed by atoms with Crippen LogP contribution >= 0.6 is 11.8 Å². The van der Waals surface area contributed by atoms with Crippen molar-refractivity contribution in [2.24, 2.45) is 5.10 Å². The van der Waals surface area contributed by atoms with Crippen molar-refractivity contribution in [3.63, 3.8) is 0 Å². The molecule has 1 amide bonds. The van der Waals surface area contributed by atoms with E-state index in [0.717, 1.165) is 44.7 Å². The number of benzene rings is 3. The molecule has 3 aromatic carbocycles. The first-order valence-corrected chi connectivity index (χ1v) is 13.5. The maximum absolute atomic E-state index is 13.3. The maximum atomic E-state index is 13.3. The lowest BCUT2D eigenvalue weighted by Gasteiger charge is -2.22. The summed E-state index contributed by atoms with van der Waals surface area (Å²) in [4.78, 5) is 34.4. The minimum absolute atomic E-state index is 0.00366. The number of hydrogen-bond donors (Lipinski definition) is 0. The van der Waals surface area contributed by atoms with E-state index in [9.17, 15) is 9.59 Å². The third kappa shape index (κ3) is 6.26. The van der Waals surface area contributed by atoms with Gasteiger partial charge in [-0.2, -0.15) is 5.10 Å². The number of rotatable bonds is 8. The molecule has 0 radical (unpaired) electrons. The van der Waals surface area contributed by atoms with Gasteiger partial charge in [-0.15, -0.1) is 0 Å². The monoisotopic (exact) mass is 540 g/mol. The fourth-order valence-electron chi connectivity index (χ4n) is 4.50. The highest BCUT2D eigenvalue weighted by Crippen LogP contribution is 2.34. The average molecular weight is 541 g/mol. The molecule has 39 heavy (non-hydrogen) atoms. The number of fused-ring (bicyclic) bond motifs is 1. The first-order chi connectivity index (χ1) is 18.9. The van der Waals surface area contributed by atoms with Crippen molar-refractivity contribution in [2.45, 2.75) is 31.5 Å². The van der Waals surface area contributed by atoms with Crippen LogP contribution in [0, 0.1) is 13.8 Å². The molecule has 0 saturated heterocycles. The number of ether oxygens (including phenoxy) is 2. The lowest BCUT2D eigenvalue weighted by molar-refractivity contribution is -0.150. The number of carbonyl (C=O) groups is 2. The molecule has 9 heteroatoms. The van der Waals surface area contributed by atoms with Crippen LogP contribution in [0.4, 0.5) is 0 Å². The molecule has 1 atom stereocenters. The van der Waals surface area contributed by atoms with Crippen molar-refractivity contribution in [2.75, 3.05) is 19.5 Å². The fourth-order valence-corrected chi connectivity index (χ4v) is 5.25. The Labute approximate surface area is 231 Å². The second-order valence-electron chi connectivity index (χ2n) is 9.22.